The zero-order valence-electron chi connectivity index (χ0n) is 13.9. The number of para-hydroxylation sites is 1. The van der Waals surface area contributed by atoms with Crippen LogP contribution in [0.1, 0.15) is 27.7 Å². The molecule has 0 saturated heterocycles. The second-order valence-corrected chi connectivity index (χ2v) is 7.14. The molecule has 0 aliphatic heterocycles. The highest BCUT2D eigenvalue weighted by atomic mass is 31.1. The number of benzene rings is 1. The van der Waals surface area contributed by atoms with Crippen molar-refractivity contribution >= 4 is 19.2 Å². The Balaban J connectivity index is 3.29. The number of anilines is 1. The maximum atomic E-state index is 2.60. The van der Waals surface area contributed by atoms with Crippen LogP contribution in [-0.2, 0) is 0 Å². The quantitative estimate of drug-likeness (QED) is 0.681. The van der Waals surface area contributed by atoms with Crippen LogP contribution in [0.4, 0.5) is 5.69 Å². The van der Waals surface area contributed by atoms with Gasteiger partial charge in [0.15, 0.2) is 0 Å². The van der Waals surface area contributed by atoms with Crippen molar-refractivity contribution in [3.05, 3.63) is 24.3 Å². The zero-order chi connectivity index (χ0) is 15.1. The molecule has 0 bridgehead atoms. The molecule has 0 atom stereocenters. The van der Waals surface area contributed by atoms with Crippen molar-refractivity contribution in [2.45, 2.75) is 27.7 Å². The van der Waals surface area contributed by atoms with Crippen molar-refractivity contribution in [1.82, 2.24) is 9.34 Å². The van der Waals surface area contributed by atoms with Gasteiger partial charge in [-0.15, -0.1) is 0 Å². The molecule has 0 amide bonds. The van der Waals surface area contributed by atoms with Crippen LogP contribution in [0.15, 0.2) is 24.3 Å². The smallest absolute Gasteiger partial charge is 0.0745 e. The summed E-state index contributed by atoms with van der Waals surface area (Å²) in [6.45, 7) is 13.4. The predicted molar refractivity (Wildman–Crippen MR) is 93.2 cm³/mol. The van der Waals surface area contributed by atoms with E-state index in [-0.39, 0.29) is 0 Å². The summed E-state index contributed by atoms with van der Waals surface area (Å²) >= 11 is 0. The maximum absolute atomic E-state index is 2.60. The summed E-state index contributed by atoms with van der Waals surface area (Å²) in [6.07, 6.45) is 0. The van der Waals surface area contributed by atoms with Crippen molar-refractivity contribution in [2.75, 3.05) is 45.2 Å². The monoisotopic (exact) mass is 295 g/mol. The Labute approximate surface area is 126 Å². The van der Waals surface area contributed by atoms with Gasteiger partial charge in [0.25, 0.3) is 0 Å². The summed E-state index contributed by atoms with van der Waals surface area (Å²) in [6, 6.07) is 8.84. The topological polar surface area (TPSA) is 9.72 Å². The van der Waals surface area contributed by atoms with E-state index in [1.807, 2.05) is 0 Å². The molecule has 1 aromatic carbocycles. The molecule has 0 aromatic heterocycles. The lowest BCUT2D eigenvalue weighted by Crippen LogP contribution is -2.35. The minimum Gasteiger partial charge on any atom is -0.377 e. The minimum atomic E-state index is -0.411. The molecule has 1 aromatic rings. The highest BCUT2D eigenvalue weighted by Gasteiger charge is 2.26. The highest BCUT2D eigenvalue weighted by molar-refractivity contribution is 7.61. The van der Waals surface area contributed by atoms with Gasteiger partial charge in [0.05, 0.1) is 8.22 Å². The van der Waals surface area contributed by atoms with Crippen molar-refractivity contribution < 1.29 is 0 Å². The van der Waals surface area contributed by atoms with E-state index in [4.69, 9.17) is 0 Å². The van der Waals surface area contributed by atoms with Gasteiger partial charge in [0.2, 0.25) is 0 Å². The summed E-state index contributed by atoms with van der Waals surface area (Å²) in [4.78, 5) is 2.23. The molecule has 0 unspecified atom stereocenters. The van der Waals surface area contributed by atoms with E-state index in [2.05, 4.69) is 80.3 Å². The Morgan fingerprint density at radius 3 is 1.65 bits per heavy atom. The van der Waals surface area contributed by atoms with E-state index < -0.39 is 8.22 Å². The summed E-state index contributed by atoms with van der Waals surface area (Å²) in [5, 5.41) is 1.47. The van der Waals surface area contributed by atoms with Gasteiger partial charge in [0, 0.05) is 51.3 Å². The average molecular weight is 295 g/mol. The number of hydrogen-bond donors (Lipinski definition) is 0. The molecule has 0 N–H and O–H groups in total. The van der Waals surface area contributed by atoms with Crippen molar-refractivity contribution in [1.29, 1.82) is 0 Å². The lowest BCUT2D eigenvalue weighted by Gasteiger charge is -2.39. The fourth-order valence-corrected chi connectivity index (χ4v) is 5.22. The first-order chi connectivity index (χ1) is 9.60. The highest BCUT2D eigenvalue weighted by Crippen LogP contribution is 2.44. The van der Waals surface area contributed by atoms with Gasteiger partial charge in [0.1, 0.15) is 0 Å². The Morgan fingerprint density at radius 2 is 1.25 bits per heavy atom. The van der Waals surface area contributed by atoms with E-state index in [0.29, 0.717) is 0 Å². The third kappa shape index (κ3) is 3.94. The Kier molecular flexibility index (Phi) is 7.50. The molecule has 4 heteroatoms. The normalized spacial score (nSPS) is 11.7. The van der Waals surface area contributed by atoms with Gasteiger partial charge in [-0.25, -0.2) is 0 Å². The largest absolute Gasteiger partial charge is 0.377 e. The average Bonchev–Trinajstić information content (AvgIpc) is 2.47. The summed E-state index contributed by atoms with van der Waals surface area (Å²) in [5.41, 5.74) is 1.34. The lowest BCUT2D eigenvalue weighted by molar-refractivity contribution is 0.430. The first-order valence-electron chi connectivity index (χ1n) is 7.66. The lowest BCUT2D eigenvalue weighted by atomic mass is 10.3. The van der Waals surface area contributed by atoms with Crippen LogP contribution in [0.25, 0.3) is 0 Å². The molecular formula is C16H30N3P. The van der Waals surface area contributed by atoms with Crippen LogP contribution in [0.5, 0.6) is 0 Å². The number of hydrogen-bond acceptors (Lipinski definition) is 3. The van der Waals surface area contributed by atoms with Crippen LogP contribution in [0, 0.1) is 0 Å². The molecule has 1 rings (SSSR count). The van der Waals surface area contributed by atoms with Crippen LogP contribution in [0.3, 0.4) is 0 Å². The predicted octanol–water partition coefficient (Wildman–Crippen LogP) is 3.37. The van der Waals surface area contributed by atoms with Crippen molar-refractivity contribution in [3.63, 3.8) is 0 Å². The van der Waals surface area contributed by atoms with E-state index in [9.17, 15) is 0 Å². The molecule has 0 aliphatic rings. The molecule has 0 fully saturated rings. The van der Waals surface area contributed by atoms with Gasteiger partial charge < -0.3 is 4.90 Å². The second kappa shape index (κ2) is 8.61. The number of nitrogens with zero attached hydrogens (tertiary/aromatic N) is 3. The molecular weight excluding hydrogens is 265 g/mol. The molecule has 0 saturated carbocycles. The molecule has 3 nitrogen and oxygen atoms in total. The van der Waals surface area contributed by atoms with E-state index in [0.717, 1.165) is 26.2 Å². The first-order valence-corrected chi connectivity index (χ1v) is 8.91. The van der Waals surface area contributed by atoms with Gasteiger partial charge in [-0.3, -0.25) is 9.34 Å². The van der Waals surface area contributed by atoms with E-state index in [1.54, 1.807) is 0 Å². The van der Waals surface area contributed by atoms with Gasteiger partial charge in [-0.1, -0.05) is 39.8 Å². The molecule has 114 valence electrons. The SMILES string of the molecule is CCN(CC)P(c1ccccc1N(C)C)N(CC)CC. The van der Waals surface area contributed by atoms with Crippen molar-refractivity contribution in [3.8, 4) is 0 Å². The maximum Gasteiger partial charge on any atom is 0.0745 e. The van der Waals surface area contributed by atoms with E-state index in [1.165, 1.54) is 11.0 Å². The molecule has 0 spiro atoms. The molecule has 0 heterocycles. The van der Waals surface area contributed by atoms with Crippen molar-refractivity contribution in [2.24, 2.45) is 0 Å². The van der Waals surface area contributed by atoms with Crippen LogP contribution in [0.2, 0.25) is 0 Å². The second-order valence-electron chi connectivity index (χ2n) is 4.95. The standard InChI is InChI=1S/C16H30N3P/c1-7-18(8-2)20(19(9-3)10-4)16-14-12-11-13-15(16)17(5)6/h11-14H,7-10H2,1-6H3. The fraction of sp³-hybridized carbons (Fsp3) is 0.625. The third-order valence-electron chi connectivity index (χ3n) is 3.57. The van der Waals surface area contributed by atoms with Gasteiger partial charge in [-0.05, 0) is 12.1 Å². The van der Waals surface area contributed by atoms with E-state index >= 15 is 0 Å². The fourth-order valence-electron chi connectivity index (χ4n) is 2.48. The first kappa shape index (κ1) is 17.4. The zero-order valence-corrected chi connectivity index (χ0v) is 14.8. The Hall–Kier alpha value is -0.630. The minimum absolute atomic E-state index is 0.411. The van der Waals surface area contributed by atoms with Crippen LogP contribution < -0.4 is 10.2 Å². The molecule has 0 aliphatic carbocycles. The summed E-state index contributed by atoms with van der Waals surface area (Å²) < 4.78 is 5.20. The number of rotatable bonds is 8. The van der Waals surface area contributed by atoms with Crippen LogP contribution in [-0.4, -0.2) is 49.6 Å². The summed E-state index contributed by atoms with van der Waals surface area (Å²) in [7, 11) is 3.86. The Bertz CT molecular complexity index is 375. The molecule has 20 heavy (non-hydrogen) atoms. The van der Waals surface area contributed by atoms with Gasteiger partial charge >= 0.3 is 0 Å². The molecule has 0 radical (unpaired) electrons. The Morgan fingerprint density at radius 1 is 0.800 bits per heavy atom. The third-order valence-corrected chi connectivity index (χ3v) is 6.59. The van der Waals surface area contributed by atoms with Gasteiger partial charge in [-0.2, -0.15) is 0 Å². The summed E-state index contributed by atoms with van der Waals surface area (Å²) in [5.74, 6) is 0. The van der Waals surface area contributed by atoms with Crippen LogP contribution >= 0.6 is 8.22 Å².